The number of fused-ring (bicyclic) bond motifs is 1. The number of halogens is 1. The topological polar surface area (TPSA) is 29.1 Å². The van der Waals surface area contributed by atoms with E-state index in [4.69, 9.17) is 11.6 Å². The Balaban J connectivity index is 1.85. The maximum Gasteiger partial charge on any atom is 0.251 e. The molecule has 0 bridgehead atoms. The second kappa shape index (κ2) is 4.86. The Morgan fingerprint density at radius 3 is 2.53 bits per heavy atom. The van der Waals surface area contributed by atoms with Crippen molar-refractivity contribution in [3.63, 3.8) is 0 Å². The van der Waals surface area contributed by atoms with E-state index in [9.17, 15) is 4.79 Å². The van der Waals surface area contributed by atoms with Gasteiger partial charge in [0, 0.05) is 11.4 Å². The van der Waals surface area contributed by atoms with E-state index in [0.29, 0.717) is 11.4 Å². The van der Waals surface area contributed by atoms with Crippen LogP contribution in [0.2, 0.25) is 0 Å². The van der Waals surface area contributed by atoms with Crippen LogP contribution in [0.4, 0.5) is 0 Å². The van der Waals surface area contributed by atoms with Crippen LogP contribution in [0.1, 0.15) is 29.6 Å². The number of rotatable bonds is 3. The Kier molecular flexibility index (Phi) is 3.19. The summed E-state index contributed by atoms with van der Waals surface area (Å²) in [5, 5.41) is 5.32. The van der Waals surface area contributed by atoms with Crippen molar-refractivity contribution in [2.75, 3.05) is 5.88 Å². The van der Waals surface area contributed by atoms with Crippen molar-refractivity contribution in [3.8, 4) is 0 Å². The van der Waals surface area contributed by atoms with Crippen molar-refractivity contribution < 1.29 is 4.79 Å². The van der Waals surface area contributed by atoms with Crippen LogP contribution in [0, 0.1) is 0 Å². The summed E-state index contributed by atoms with van der Waals surface area (Å²) in [4.78, 5) is 12.3. The Hall–Kier alpha value is -1.54. The molecule has 1 amide bonds. The largest absolute Gasteiger partial charge is 0.345 e. The molecule has 0 aliphatic heterocycles. The van der Waals surface area contributed by atoms with Crippen molar-refractivity contribution >= 4 is 28.3 Å². The number of benzene rings is 2. The number of nitrogens with one attached hydrogen (secondary N) is 1. The number of hydrogen-bond donors (Lipinski definition) is 1. The summed E-state index contributed by atoms with van der Waals surface area (Å²) >= 11 is 5.97. The molecule has 2 aromatic rings. The smallest absolute Gasteiger partial charge is 0.251 e. The van der Waals surface area contributed by atoms with E-state index in [0.717, 1.165) is 30.0 Å². The molecule has 0 unspecified atom stereocenters. The van der Waals surface area contributed by atoms with Crippen molar-refractivity contribution in [1.82, 2.24) is 5.32 Å². The van der Waals surface area contributed by atoms with Gasteiger partial charge in [-0.25, -0.2) is 0 Å². The molecule has 3 heteroatoms. The molecule has 1 aliphatic carbocycles. The number of carbonyl (C=O) groups excluding carboxylic acids is 1. The highest BCUT2D eigenvalue weighted by atomic mass is 35.5. The fourth-order valence-corrected chi connectivity index (χ4v) is 2.87. The van der Waals surface area contributed by atoms with Crippen LogP contribution in [0.3, 0.4) is 0 Å². The van der Waals surface area contributed by atoms with E-state index in [-0.39, 0.29) is 11.4 Å². The Labute approximate surface area is 117 Å². The lowest BCUT2D eigenvalue weighted by molar-refractivity contribution is 0.0854. The van der Waals surface area contributed by atoms with Gasteiger partial charge in [-0.05, 0) is 42.2 Å². The SMILES string of the molecule is O=C(NC1(CCl)CCC1)c1ccc2ccccc2c1. The zero-order chi connectivity index (χ0) is 13.3. The van der Waals surface area contributed by atoms with Gasteiger partial charge in [0.15, 0.2) is 0 Å². The van der Waals surface area contributed by atoms with Crippen molar-refractivity contribution in [1.29, 1.82) is 0 Å². The number of hydrogen-bond acceptors (Lipinski definition) is 1. The van der Waals surface area contributed by atoms with Crippen LogP contribution in [-0.4, -0.2) is 17.3 Å². The minimum absolute atomic E-state index is 0.0221. The average Bonchev–Trinajstić information content (AvgIpc) is 2.42. The summed E-state index contributed by atoms with van der Waals surface area (Å²) in [6.45, 7) is 0. The van der Waals surface area contributed by atoms with Gasteiger partial charge in [-0.3, -0.25) is 4.79 Å². The van der Waals surface area contributed by atoms with Crippen LogP contribution < -0.4 is 5.32 Å². The standard InChI is InChI=1S/C16H16ClNO/c17-11-16(8-3-9-16)18-15(19)14-7-6-12-4-1-2-5-13(12)10-14/h1-2,4-7,10H,3,8-9,11H2,(H,18,19). The molecule has 0 radical (unpaired) electrons. The van der Waals surface area contributed by atoms with Gasteiger partial charge < -0.3 is 5.32 Å². The zero-order valence-electron chi connectivity index (χ0n) is 10.7. The zero-order valence-corrected chi connectivity index (χ0v) is 11.4. The van der Waals surface area contributed by atoms with Gasteiger partial charge in [0.05, 0.1) is 5.54 Å². The summed E-state index contributed by atoms with van der Waals surface area (Å²) in [6.07, 6.45) is 3.11. The molecule has 1 aliphatic rings. The van der Waals surface area contributed by atoms with E-state index in [1.807, 2.05) is 42.5 Å². The second-order valence-corrected chi connectivity index (χ2v) is 5.55. The lowest BCUT2D eigenvalue weighted by Crippen LogP contribution is -2.55. The van der Waals surface area contributed by atoms with Gasteiger partial charge in [0.25, 0.3) is 5.91 Å². The molecule has 1 saturated carbocycles. The molecule has 3 rings (SSSR count). The highest BCUT2D eigenvalue weighted by Crippen LogP contribution is 2.33. The molecule has 1 fully saturated rings. The predicted octanol–water partition coefficient (Wildman–Crippen LogP) is 3.73. The highest BCUT2D eigenvalue weighted by Gasteiger charge is 2.37. The first kappa shape index (κ1) is 12.5. The first-order valence-electron chi connectivity index (χ1n) is 6.60. The molecule has 0 spiro atoms. The van der Waals surface area contributed by atoms with E-state index in [1.54, 1.807) is 0 Å². The van der Waals surface area contributed by atoms with Crippen molar-refractivity contribution in [2.24, 2.45) is 0 Å². The molecule has 0 aromatic heterocycles. The van der Waals surface area contributed by atoms with E-state index in [1.165, 1.54) is 0 Å². The van der Waals surface area contributed by atoms with Crippen LogP contribution in [0.15, 0.2) is 42.5 Å². The fraction of sp³-hybridized carbons (Fsp3) is 0.312. The van der Waals surface area contributed by atoms with Crippen LogP contribution in [0.5, 0.6) is 0 Å². The van der Waals surface area contributed by atoms with E-state index >= 15 is 0 Å². The molecular weight excluding hydrogens is 258 g/mol. The molecule has 1 N–H and O–H groups in total. The Morgan fingerprint density at radius 1 is 1.16 bits per heavy atom. The van der Waals surface area contributed by atoms with Crippen molar-refractivity contribution in [3.05, 3.63) is 48.0 Å². The molecule has 0 atom stereocenters. The molecular formula is C16H16ClNO. The highest BCUT2D eigenvalue weighted by molar-refractivity contribution is 6.19. The van der Waals surface area contributed by atoms with Crippen molar-refractivity contribution in [2.45, 2.75) is 24.8 Å². The lowest BCUT2D eigenvalue weighted by atomic mass is 9.78. The summed E-state index contributed by atoms with van der Waals surface area (Å²) in [5.74, 6) is 0.470. The van der Waals surface area contributed by atoms with Crippen LogP contribution >= 0.6 is 11.6 Å². The minimum atomic E-state index is -0.176. The quantitative estimate of drug-likeness (QED) is 0.848. The molecule has 19 heavy (non-hydrogen) atoms. The third kappa shape index (κ3) is 2.33. The summed E-state index contributed by atoms with van der Waals surface area (Å²) in [5.41, 5.74) is 0.527. The molecule has 98 valence electrons. The molecule has 0 heterocycles. The third-order valence-corrected chi connectivity index (χ3v) is 4.47. The third-order valence-electron chi connectivity index (χ3n) is 3.96. The normalized spacial score (nSPS) is 16.9. The van der Waals surface area contributed by atoms with E-state index < -0.39 is 0 Å². The molecule has 2 aromatic carbocycles. The average molecular weight is 274 g/mol. The van der Waals surface area contributed by atoms with Gasteiger partial charge in [-0.15, -0.1) is 11.6 Å². The fourth-order valence-electron chi connectivity index (χ4n) is 2.54. The van der Waals surface area contributed by atoms with Gasteiger partial charge >= 0.3 is 0 Å². The first-order chi connectivity index (χ1) is 9.22. The predicted molar refractivity (Wildman–Crippen MR) is 78.7 cm³/mol. The van der Waals surface area contributed by atoms with Gasteiger partial charge in [0.1, 0.15) is 0 Å². The van der Waals surface area contributed by atoms with Gasteiger partial charge in [0.2, 0.25) is 0 Å². The monoisotopic (exact) mass is 273 g/mol. The Bertz CT molecular complexity index is 613. The van der Waals surface area contributed by atoms with E-state index in [2.05, 4.69) is 5.32 Å². The molecule has 0 saturated heterocycles. The maximum atomic E-state index is 12.3. The Morgan fingerprint density at radius 2 is 1.89 bits per heavy atom. The lowest BCUT2D eigenvalue weighted by Gasteiger charge is -2.41. The first-order valence-corrected chi connectivity index (χ1v) is 7.13. The number of alkyl halides is 1. The number of carbonyl (C=O) groups is 1. The summed E-state index contributed by atoms with van der Waals surface area (Å²) in [6, 6.07) is 13.8. The van der Waals surface area contributed by atoms with Gasteiger partial charge in [-0.1, -0.05) is 30.3 Å². The number of amides is 1. The van der Waals surface area contributed by atoms with Crippen LogP contribution in [0.25, 0.3) is 10.8 Å². The maximum absolute atomic E-state index is 12.3. The molecule has 2 nitrogen and oxygen atoms in total. The van der Waals surface area contributed by atoms with Crippen LogP contribution in [-0.2, 0) is 0 Å². The second-order valence-electron chi connectivity index (χ2n) is 5.28. The van der Waals surface area contributed by atoms with Gasteiger partial charge in [-0.2, -0.15) is 0 Å². The summed E-state index contributed by atoms with van der Waals surface area (Å²) in [7, 11) is 0. The minimum Gasteiger partial charge on any atom is -0.345 e. The summed E-state index contributed by atoms with van der Waals surface area (Å²) < 4.78 is 0.